The number of unbranched alkanes of at least 4 members (excludes halogenated alkanes) is 2. The highest BCUT2D eigenvalue weighted by Crippen LogP contribution is 2.19. The van der Waals surface area contributed by atoms with E-state index in [-0.39, 0.29) is 29.1 Å². The molecule has 0 radical (unpaired) electrons. The highest BCUT2D eigenvalue weighted by atomic mass is 32.2. The molecule has 0 unspecified atom stereocenters. The van der Waals surface area contributed by atoms with Gasteiger partial charge in [0.25, 0.3) is 0 Å². The van der Waals surface area contributed by atoms with Gasteiger partial charge < -0.3 is 16.8 Å². The number of anilines is 3. The number of nitrogens with one attached hydrogen (secondary N) is 1. The van der Waals surface area contributed by atoms with E-state index in [1.807, 2.05) is 0 Å². The molecule has 0 aliphatic carbocycles. The van der Waals surface area contributed by atoms with E-state index in [9.17, 15) is 9.59 Å². The Morgan fingerprint density at radius 3 is 2.35 bits per heavy atom. The Labute approximate surface area is 157 Å². The van der Waals surface area contributed by atoms with E-state index in [0.29, 0.717) is 22.8 Å². The van der Waals surface area contributed by atoms with Crippen LogP contribution >= 0.6 is 11.8 Å². The minimum absolute atomic E-state index is 0.00974. The number of Topliss-reactive ketones (excluding diaryl/α,β-unsaturated/α-hetero) is 1. The molecule has 0 atom stereocenters. The van der Waals surface area contributed by atoms with Crippen LogP contribution in [0.1, 0.15) is 43.0 Å². The number of benzene rings is 1. The Balaban J connectivity index is 1.86. The summed E-state index contributed by atoms with van der Waals surface area (Å²) in [5.41, 5.74) is 12.5. The molecule has 8 heteroatoms. The van der Waals surface area contributed by atoms with Crippen molar-refractivity contribution in [2.75, 3.05) is 22.5 Å². The topological polar surface area (TPSA) is 124 Å². The minimum Gasteiger partial charge on any atom is -0.383 e. The SMILES string of the molecule is CCCCCC(=O)Nc1ccc(C(=O)CSc2nc(N)cc(N)n2)cc1. The van der Waals surface area contributed by atoms with E-state index in [1.165, 1.54) is 17.8 Å². The molecule has 1 aromatic heterocycles. The lowest BCUT2D eigenvalue weighted by Gasteiger charge is -2.06. The number of rotatable bonds is 9. The second kappa shape index (κ2) is 9.76. The summed E-state index contributed by atoms with van der Waals surface area (Å²) >= 11 is 1.18. The maximum Gasteiger partial charge on any atom is 0.224 e. The highest BCUT2D eigenvalue weighted by Gasteiger charge is 2.10. The van der Waals surface area contributed by atoms with Gasteiger partial charge in [-0.05, 0) is 30.7 Å². The number of aromatic nitrogens is 2. The van der Waals surface area contributed by atoms with Crippen LogP contribution in [0.2, 0.25) is 0 Å². The zero-order chi connectivity index (χ0) is 18.9. The van der Waals surface area contributed by atoms with Gasteiger partial charge in [0.2, 0.25) is 5.91 Å². The lowest BCUT2D eigenvalue weighted by molar-refractivity contribution is -0.116. The fraction of sp³-hybridized carbons (Fsp3) is 0.333. The monoisotopic (exact) mass is 373 g/mol. The van der Waals surface area contributed by atoms with E-state index in [2.05, 4.69) is 22.2 Å². The van der Waals surface area contributed by atoms with Gasteiger partial charge in [0.1, 0.15) is 11.6 Å². The van der Waals surface area contributed by atoms with Gasteiger partial charge in [0.15, 0.2) is 10.9 Å². The predicted octanol–water partition coefficient (Wildman–Crippen LogP) is 3.13. The number of carbonyl (C=O) groups excluding carboxylic acids is 2. The highest BCUT2D eigenvalue weighted by molar-refractivity contribution is 7.99. The minimum atomic E-state index is -0.0691. The van der Waals surface area contributed by atoms with E-state index >= 15 is 0 Å². The van der Waals surface area contributed by atoms with Crippen LogP contribution in [0.3, 0.4) is 0 Å². The smallest absolute Gasteiger partial charge is 0.224 e. The summed E-state index contributed by atoms with van der Waals surface area (Å²) < 4.78 is 0. The van der Waals surface area contributed by atoms with Crippen molar-refractivity contribution in [2.45, 2.75) is 37.8 Å². The van der Waals surface area contributed by atoms with Crippen LogP contribution in [0.4, 0.5) is 17.3 Å². The first kappa shape index (κ1) is 19.7. The lowest BCUT2D eigenvalue weighted by Crippen LogP contribution is -2.11. The number of nitrogen functional groups attached to an aromatic ring is 2. The standard InChI is InChI=1S/C18H23N5O2S/c1-2-3-4-5-17(25)21-13-8-6-12(7-9-13)14(24)11-26-18-22-15(19)10-16(20)23-18/h6-10H,2-5,11H2,1H3,(H,21,25)(H4,19,20,22,23). The van der Waals surface area contributed by atoms with Crippen LogP contribution in [-0.4, -0.2) is 27.4 Å². The van der Waals surface area contributed by atoms with Crippen molar-refractivity contribution in [1.29, 1.82) is 0 Å². The third-order valence-electron chi connectivity index (χ3n) is 3.58. The molecule has 7 nitrogen and oxygen atoms in total. The fourth-order valence-corrected chi connectivity index (χ4v) is 3.01. The molecule has 0 saturated heterocycles. The summed E-state index contributed by atoms with van der Waals surface area (Å²) in [7, 11) is 0. The first-order valence-electron chi connectivity index (χ1n) is 8.44. The largest absolute Gasteiger partial charge is 0.383 e. The molecule has 2 aromatic rings. The number of ketones is 1. The lowest BCUT2D eigenvalue weighted by atomic mass is 10.1. The second-order valence-electron chi connectivity index (χ2n) is 5.79. The predicted molar refractivity (Wildman–Crippen MR) is 105 cm³/mol. The zero-order valence-corrected chi connectivity index (χ0v) is 15.5. The molecule has 5 N–H and O–H groups in total. The van der Waals surface area contributed by atoms with Crippen molar-refractivity contribution in [3.8, 4) is 0 Å². The maximum absolute atomic E-state index is 12.3. The Kier molecular flexibility index (Phi) is 7.40. The number of amides is 1. The summed E-state index contributed by atoms with van der Waals surface area (Å²) in [6.07, 6.45) is 3.51. The van der Waals surface area contributed by atoms with Crippen LogP contribution in [0.5, 0.6) is 0 Å². The van der Waals surface area contributed by atoms with E-state index < -0.39 is 0 Å². The molecule has 0 aliphatic heterocycles. The Morgan fingerprint density at radius 1 is 1.08 bits per heavy atom. The van der Waals surface area contributed by atoms with Crippen molar-refractivity contribution in [1.82, 2.24) is 9.97 Å². The summed E-state index contributed by atoms with van der Waals surface area (Å²) in [5.74, 6) is 0.633. The molecule has 0 aliphatic rings. The zero-order valence-electron chi connectivity index (χ0n) is 14.7. The van der Waals surface area contributed by atoms with Gasteiger partial charge in [0.05, 0.1) is 5.75 Å². The van der Waals surface area contributed by atoms with Gasteiger partial charge >= 0.3 is 0 Å². The van der Waals surface area contributed by atoms with Crippen LogP contribution in [0, 0.1) is 0 Å². The first-order valence-corrected chi connectivity index (χ1v) is 9.42. The summed E-state index contributed by atoms with van der Waals surface area (Å²) in [6, 6.07) is 8.30. The quantitative estimate of drug-likeness (QED) is 0.267. The van der Waals surface area contributed by atoms with Gasteiger partial charge in [-0.2, -0.15) is 0 Å². The summed E-state index contributed by atoms with van der Waals surface area (Å²) in [6.45, 7) is 2.10. The van der Waals surface area contributed by atoms with Gasteiger partial charge in [-0.3, -0.25) is 9.59 Å². The van der Waals surface area contributed by atoms with Crippen molar-refractivity contribution in [3.05, 3.63) is 35.9 Å². The molecule has 1 amide bonds. The van der Waals surface area contributed by atoms with Crippen molar-refractivity contribution in [2.24, 2.45) is 0 Å². The van der Waals surface area contributed by atoms with Crippen LogP contribution in [0.25, 0.3) is 0 Å². The van der Waals surface area contributed by atoms with Crippen molar-refractivity contribution in [3.63, 3.8) is 0 Å². The number of carbonyl (C=O) groups is 2. The molecule has 1 aromatic carbocycles. The average molecular weight is 373 g/mol. The molecule has 0 fully saturated rings. The average Bonchev–Trinajstić information content (AvgIpc) is 2.60. The molecule has 26 heavy (non-hydrogen) atoms. The molecule has 0 bridgehead atoms. The molecule has 2 rings (SSSR count). The van der Waals surface area contributed by atoms with Crippen molar-refractivity contribution >= 4 is 40.8 Å². The number of nitrogens with zero attached hydrogens (tertiary/aromatic N) is 2. The maximum atomic E-state index is 12.3. The first-order chi connectivity index (χ1) is 12.5. The Hall–Kier alpha value is -2.61. The molecule has 1 heterocycles. The van der Waals surface area contributed by atoms with Crippen LogP contribution in [0.15, 0.2) is 35.5 Å². The van der Waals surface area contributed by atoms with Gasteiger partial charge in [-0.15, -0.1) is 0 Å². The second-order valence-corrected chi connectivity index (χ2v) is 6.74. The van der Waals surface area contributed by atoms with Gasteiger partial charge in [-0.1, -0.05) is 31.5 Å². The molecular formula is C18H23N5O2S. The third-order valence-corrected chi connectivity index (χ3v) is 4.42. The number of nitrogens with two attached hydrogens (primary N) is 2. The fourth-order valence-electron chi connectivity index (χ4n) is 2.24. The Morgan fingerprint density at radius 2 is 1.73 bits per heavy atom. The summed E-state index contributed by atoms with van der Waals surface area (Å²) in [5, 5.41) is 3.20. The van der Waals surface area contributed by atoms with E-state index in [1.54, 1.807) is 24.3 Å². The van der Waals surface area contributed by atoms with Gasteiger partial charge in [-0.25, -0.2) is 9.97 Å². The van der Waals surface area contributed by atoms with Gasteiger partial charge in [0, 0.05) is 23.7 Å². The number of hydrogen-bond acceptors (Lipinski definition) is 7. The van der Waals surface area contributed by atoms with E-state index in [0.717, 1.165) is 19.3 Å². The normalized spacial score (nSPS) is 10.5. The number of hydrogen-bond donors (Lipinski definition) is 3. The third kappa shape index (κ3) is 6.36. The Bertz CT molecular complexity index is 744. The molecular weight excluding hydrogens is 350 g/mol. The van der Waals surface area contributed by atoms with E-state index in [4.69, 9.17) is 11.5 Å². The van der Waals surface area contributed by atoms with Crippen LogP contribution in [-0.2, 0) is 4.79 Å². The molecule has 0 spiro atoms. The molecule has 138 valence electrons. The van der Waals surface area contributed by atoms with Crippen LogP contribution < -0.4 is 16.8 Å². The summed E-state index contributed by atoms with van der Waals surface area (Å²) in [4.78, 5) is 32.1. The molecule has 0 saturated carbocycles. The van der Waals surface area contributed by atoms with Crippen molar-refractivity contribution < 1.29 is 9.59 Å². The number of thioether (sulfide) groups is 1.